The van der Waals surface area contributed by atoms with Crippen LogP contribution in [-0.4, -0.2) is 28.2 Å². The average Bonchev–Trinajstić information content (AvgIpc) is 2.49. The zero-order valence-electron chi connectivity index (χ0n) is 12.7. The molecule has 0 heterocycles. The first-order chi connectivity index (χ1) is 10.9. The summed E-state index contributed by atoms with van der Waals surface area (Å²) in [4.78, 5) is 23.5. The number of carbonyl (C=O) groups is 2. The van der Waals surface area contributed by atoms with Gasteiger partial charge in [-0.2, -0.15) is 0 Å². The molecule has 6 heteroatoms. The Hall–Kier alpha value is -3.02. The van der Waals surface area contributed by atoms with E-state index in [9.17, 15) is 14.7 Å². The fraction of sp³-hybridized carbons (Fsp3) is 0.176. The lowest BCUT2D eigenvalue weighted by atomic mass is 10.1. The molecule has 0 atom stereocenters. The van der Waals surface area contributed by atoms with Crippen LogP contribution in [0.1, 0.15) is 34.6 Å². The largest absolute Gasteiger partial charge is 0.504 e. The van der Waals surface area contributed by atoms with Crippen LogP contribution in [0.2, 0.25) is 0 Å². The fourth-order valence-electron chi connectivity index (χ4n) is 2.02. The quantitative estimate of drug-likeness (QED) is 0.788. The molecular formula is C17H17NO5. The van der Waals surface area contributed by atoms with E-state index in [2.05, 4.69) is 5.32 Å². The molecule has 2 rings (SSSR count). The number of phenols is 1. The van der Waals surface area contributed by atoms with Gasteiger partial charge in [0.1, 0.15) is 0 Å². The van der Waals surface area contributed by atoms with Crippen LogP contribution >= 0.6 is 0 Å². The van der Waals surface area contributed by atoms with Crippen LogP contribution in [0.25, 0.3) is 0 Å². The highest BCUT2D eigenvalue weighted by Crippen LogP contribution is 2.31. The van der Waals surface area contributed by atoms with Crippen molar-refractivity contribution in [3.8, 4) is 11.5 Å². The molecule has 0 aliphatic rings. The number of aromatic carboxylic acids is 1. The summed E-state index contributed by atoms with van der Waals surface area (Å²) < 4.78 is 5.42. The number of benzene rings is 2. The van der Waals surface area contributed by atoms with Crippen LogP contribution in [0.4, 0.5) is 5.69 Å². The lowest BCUT2D eigenvalue weighted by molar-refractivity contribution is 0.0698. The van der Waals surface area contributed by atoms with Crippen molar-refractivity contribution in [3.63, 3.8) is 0 Å². The maximum absolute atomic E-state index is 12.3. The first kappa shape index (κ1) is 16.4. The van der Waals surface area contributed by atoms with Crippen molar-refractivity contribution in [1.82, 2.24) is 0 Å². The Morgan fingerprint density at radius 3 is 2.35 bits per heavy atom. The normalized spacial score (nSPS) is 10.4. The zero-order chi connectivity index (χ0) is 17.0. The van der Waals surface area contributed by atoms with Crippen LogP contribution in [0, 0.1) is 0 Å². The molecule has 0 bridgehead atoms. The predicted molar refractivity (Wildman–Crippen MR) is 85.2 cm³/mol. The van der Waals surface area contributed by atoms with Crippen molar-refractivity contribution in [2.24, 2.45) is 0 Å². The SMILES string of the molecule is CC(C)Oc1cccc(C(=O)Nc2ccccc2C(=O)O)c1O. The number of hydrogen-bond donors (Lipinski definition) is 3. The third-order valence-corrected chi connectivity index (χ3v) is 3.01. The minimum atomic E-state index is -1.15. The van der Waals surface area contributed by atoms with Crippen LogP contribution in [-0.2, 0) is 0 Å². The number of anilines is 1. The molecule has 0 aliphatic carbocycles. The maximum atomic E-state index is 12.3. The van der Waals surface area contributed by atoms with Crippen molar-refractivity contribution in [2.45, 2.75) is 20.0 Å². The highest BCUT2D eigenvalue weighted by atomic mass is 16.5. The maximum Gasteiger partial charge on any atom is 0.337 e. The van der Waals surface area contributed by atoms with Gasteiger partial charge in [0.25, 0.3) is 5.91 Å². The van der Waals surface area contributed by atoms with Gasteiger partial charge in [-0.15, -0.1) is 0 Å². The number of ether oxygens (including phenoxy) is 1. The van der Waals surface area contributed by atoms with E-state index in [1.807, 2.05) is 0 Å². The standard InChI is InChI=1S/C17H17NO5/c1-10(2)23-14-9-5-7-12(15(14)19)16(20)18-13-8-4-3-6-11(13)17(21)22/h3-10,19H,1-2H3,(H,18,20)(H,21,22). The highest BCUT2D eigenvalue weighted by molar-refractivity contribution is 6.09. The molecular weight excluding hydrogens is 298 g/mol. The van der Waals surface area contributed by atoms with Gasteiger partial charge >= 0.3 is 5.97 Å². The lowest BCUT2D eigenvalue weighted by Crippen LogP contribution is -2.15. The number of para-hydroxylation sites is 2. The summed E-state index contributed by atoms with van der Waals surface area (Å²) in [6.45, 7) is 3.60. The summed E-state index contributed by atoms with van der Waals surface area (Å²) in [6, 6.07) is 10.6. The van der Waals surface area contributed by atoms with E-state index in [4.69, 9.17) is 9.84 Å². The third kappa shape index (κ3) is 3.79. The Balaban J connectivity index is 2.30. The highest BCUT2D eigenvalue weighted by Gasteiger charge is 2.18. The molecule has 0 fully saturated rings. The monoisotopic (exact) mass is 315 g/mol. The van der Waals surface area contributed by atoms with Crippen molar-refractivity contribution in [3.05, 3.63) is 53.6 Å². The van der Waals surface area contributed by atoms with E-state index in [-0.39, 0.29) is 34.4 Å². The van der Waals surface area contributed by atoms with Gasteiger partial charge < -0.3 is 20.3 Å². The molecule has 0 unspecified atom stereocenters. The predicted octanol–water partition coefficient (Wildman–Crippen LogP) is 3.13. The zero-order valence-corrected chi connectivity index (χ0v) is 12.7. The summed E-state index contributed by atoms with van der Waals surface area (Å²) in [5.41, 5.74) is 0.123. The van der Waals surface area contributed by atoms with E-state index in [1.54, 1.807) is 38.1 Å². The number of amides is 1. The summed E-state index contributed by atoms with van der Waals surface area (Å²) in [5, 5.41) is 21.8. The first-order valence-electron chi connectivity index (χ1n) is 7.02. The van der Waals surface area contributed by atoms with E-state index in [0.29, 0.717) is 0 Å². The Bertz CT molecular complexity index is 740. The molecule has 2 aromatic carbocycles. The molecule has 3 N–H and O–H groups in total. The Morgan fingerprint density at radius 2 is 1.70 bits per heavy atom. The number of carbonyl (C=O) groups excluding carboxylic acids is 1. The Kier molecular flexibility index (Phi) is 4.85. The van der Waals surface area contributed by atoms with Crippen LogP contribution < -0.4 is 10.1 Å². The van der Waals surface area contributed by atoms with Crippen molar-refractivity contribution >= 4 is 17.6 Å². The Labute approximate surface area is 133 Å². The molecule has 6 nitrogen and oxygen atoms in total. The van der Waals surface area contributed by atoms with Gasteiger partial charge in [0.15, 0.2) is 11.5 Å². The van der Waals surface area contributed by atoms with Crippen LogP contribution in [0.5, 0.6) is 11.5 Å². The molecule has 0 aliphatic heterocycles. The molecule has 23 heavy (non-hydrogen) atoms. The number of nitrogens with one attached hydrogen (secondary N) is 1. The third-order valence-electron chi connectivity index (χ3n) is 3.01. The summed E-state index contributed by atoms with van der Waals surface area (Å²) in [7, 11) is 0. The number of phenolic OH excluding ortho intramolecular Hbond substituents is 1. The van der Waals surface area contributed by atoms with Gasteiger partial charge in [-0.3, -0.25) is 4.79 Å². The number of rotatable bonds is 5. The summed E-state index contributed by atoms with van der Waals surface area (Å²) >= 11 is 0. The Morgan fingerprint density at radius 1 is 1.04 bits per heavy atom. The molecule has 0 saturated carbocycles. The second-order valence-electron chi connectivity index (χ2n) is 5.12. The van der Waals surface area contributed by atoms with Crippen molar-refractivity contribution in [1.29, 1.82) is 0 Å². The van der Waals surface area contributed by atoms with Crippen LogP contribution in [0.15, 0.2) is 42.5 Å². The molecule has 0 spiro atoms. The van der Waals surface area contributed by atoms with E-state index in [0.717, 1.165) is 0 Å². The molecule has 0 radical (unpaired) electrons. The second-order valence-corrected chi connectivity index (χ2v) is 5.12. The molecule has 0 saturated heterocycles. The van der Waals surface area contributed by atoms with Gasteiger partial charge in [-0.1, -0.05) is 18.2 Å². The number of hydrogen-bond acceptors (Lipinski definition) is 4. The van der Waals surface area contributed by atoms with Gasteiger partial charge in [-0.25, -0.2) is 4.79 Å². The smallest absolute Gasteiger partial charge is 0.337 e. The summed E-state index contributed by atoms with van der Waals surface area (Å²) in [5.74, 6) is -1.86. The van der Waals surface area contributed by atoms with Gasteiger partial charge in [-0.05, 0) is 38.1 Å². The van der Waals surface area contributed by atoms with Crippen molar-refractivity contribution < 1.29 is 24.5 Å². The van der Waals surface area contributed by atoms with Crippen molar-refractivity contribution in [2.75, 3.05) is 5.32 Å². The van der Waals surface area contributed by atoms with Gasteiger partial charge in [0, 0.05) is 0 Å². The molecule has 1 amide bonds. The minimum absolute atomic E-state index is 0.00309. The molecule has 0 aromatic heterocycles. The van der Waals surface area contributed by atoms with Crippen LogP contribution in [0.3, 0.4) is 0 Å². The van der Waals surface area contributed by atoms with E-state index in [1.165, 1.54) is 18.2 Å². The van der Waals surface area contributed by atoms with Gasteiger partial charge in [0.2, 0.25) is 0 Å². The first-order valence-corrected chi connectivity index (χ1v) is 7.02. The van der Waals surface area contributed by atoms with E-state index < -0.39 is 11.9 Å². The number of carboxylic acids is 1. The molecule has 2 aromatic rings. The lowest BCUT2D eigenvalue weighted by Gasteiger charge is -2.14. The van der Waals surface area contributed by atoms with E-state index >= 15 is 0 Å². The van der Waals surface area contributed by atoms with Gasteiger partial charge in [0.05, 0.1) is 22.9 Å². The minimum Gasteiger partial charge on any atom is -0.504 e. The number of carboxylic acid groups (broad SMARTS) is 1. The fourth-order valence-corrected chi connectivity index (χ4v) is 2.02. The summed E-state index contributed by atoms with van der Waals surface area (Å²) in [6.07, 6.45) is -0.160. The topological polar surface area (TPSA) is 95.9 Å². The second kappa shape index (κ2) is 6.83. The number of aromatic hydroxyl groups is 1. The molecule has 120 valence electrons. The average molecular weight is 315 g/mol.